The molecule has 1 heterocycles. The van der Waals surface area contributed by atoms with Crippen molar-refractivity contribution in [1.29, 1.82) is 0 Å². The second kappa shape index (κ2) is 9.70. The summed E-state index contributed by atoms with van der Waals surface area (Å²) >= 11 is 6.44. The van der Waals surface area contributed by atoms with Gasteiger partial charge >= 0.3 is 5.97 Å². The molecule has 0 aliphatic rings. The third-order valence-corrected chi connectivity index (χ3v) is 4.65. The van der Waals surface area contributed by atoms with Gasteiger partial charge in [-0.3, -0.25) is 9.59 Å². The highest BCUT2D eigenvalue weighted by Gasteiger charge is 2.26. The van der Waals surface area contributed by atoms with E-state index in [1.807, 2.05) is 0 Å². The Balaban J connectivity index is 2.31. The zero-order chi connectivity index (χ0) is 20.8. The van der Waals surface area contributed by atoms with Crippen molar-refractivity contribution in [3.63, 3.8) is 0 Å². The molecule has 0 bridgehead atoms. The van der Waals surface area contributed by atoms with E-state index in [-0.39, 0.29) is 17.4 Å². The highest BCUT2D eigenvalue weighted by molar-refractivity contribution is 9.10. The van der Waals surface area contributed by atoms with Crippen LogP contribution in [0.15, 0.2) is 55.7 Å². The number of hydrogen-bond acceptors (Lipinski definition) is 4. The molecule has 0 aliphatic carbocycles. The van der Waals surface area contributed by atoms with Crippen LogP contribution in [-0.2, 0) is 9.59 Å². The average Bonchev–Trinajstić information content (AvgIpc) is 3.06. The van der Waals surface area contributed by atoms with Crippen LogP contribution in [0.3, 0.4) is 0 Å². The molecular formula is C19H18Br2N2O5. The summed E-state index contributed by atoms with van der Waals surface area (Å²) < 4.78 is 6.41. The summed E-state index contributed by atoms with van der Waals surface area (Å²) in [4.78, 5) is 36.5. The van der Waals surface area contributed by atoms with Crippen LogP contribution in [0.2, 0.25) is 0 Å². The van der Waals surface area contributed by atoms with Crippen LogP contribution in [0.4, 0.5) is 0 Å². The van der Waals surface area contributed by atoms with Gasteiger partial charge in [0.1, 0.15) is 11.7 Å². The van der Waals surface area contributed by atoms with Gasteiger partial charge in [0.05, 0.1) is 0 Å². The molecule has 2 rings (SSSR count). The van der Waals surface area contributed by atoms with Crippen LogP contribution in [-0.4, -0.2) is 28.9 Å². The summed E-state index contributed by atoms with van der Waals surface area (Å²) in [5.74, 6) is -2.86. The summed E-state index contributed by atoms with van der Waals surface area (Å²) in [6, 6.07) is 8.93. The van der Waals surface area contributed by atoms with Crippen LogP contribution < -0.4 is 10.6 Å². The van der Waals surface area contributed by atoms with Gasteiger partial charge in [-0.05, 0) is 57.8 Å². The number of amides is 2. The highest BCUT2D eigenvalue weighted by atomic mass is 79.9. The predicted molar refractivity (Wildman–Crippen MR) is 110 cm³/mol. The van der Waals surface area contributed by atoms with Crippen molar-refractivity contribution >= 4 is 55.7 Å². The molecule has 0 radical (unpaired) electrons. The number of furan rings is 1. The van der Waals surface area contributed by atoms with Gasteiger partial charge in [0, 0.05) is 4.47 Å². The maximum atomic E-state index is 12.7. The second-order valence-corrected chi connectivity index (χ2v) is 7.90. The van der Waals surface area contributed by atoms with E-state index in [4.69, 9.17) is 4.42 Å². The molecule has 0 aliphatic heterocycles. The summed E-state index contributed by atoms with van der Waals surface area (Å²) in [5, 5.41) is 14.2. The molecule has 1 aromatic carbocycles. The maximum absolute atomic E-state index is 12.7. The number of rotatable bonds is 7. The zero-order valence-corrected chi connectivity index (χ0v) is 18.2. The van der Waals surface area contributed by atoms with Gasteiger partial charge < -0.3 is 20.2 Å². The van der Waals surface area contributed by atoms with Gasteiger partial charge in [0.2, 0.25) is 0 Å². The van der Waals surface area contributed by atoms with Crippen molar-refractivity contribution in [2.45, 2.75) is 19.9 Å². The molecule has 1 unspecified atom stereocenters. The van der Waals surface area contributed by atoms with Crippen LogP contribution in [0.1, 0.15) is 30.0 Å². The Bertz CT molecular complexity index is 903. The first kappa shape index (κ1) is 21.9. The number of nitrogens with one attached hydrogen (secondary N) is 2. The number of hydrogen-bond donors (Lipinski definition) is 3. The molecule has 0 saturated carbocycles. The Kier molecular flexibility index (Phi) is 7.59. The summed E-state index contributed by atoms with van der Waals surface area (Å²) in [6.45, 7) is 3.35. The van der Waals surface area contributed by atoms with Crippen molar-refractivity contribution in [2.75, 3.05) is 0 Å². The first-order chi connectivity index (χ1) is 13.2. The standard InChI is InChI=1S/C19H18Br2N2O5/c1-10(2)16(19(26)27)23-17(24)13(9-11-3-5-12(20)6-4-11)22-18(25)14-7-8-15(21)28-14/h3-10,16H,1-2H3,(H,22,25)(H,23,24)(H,26,27)/b13-9+. The number of carboxylic acid groups (broad SMARTS) is 1. The van der Waals surface area contributed by atoms with Gasteiger partial charge in [0.15, 0.2) is 10.4 Å². The molecule has 148 valence electrons. The van der Waals surface area contributed by atoms with Gasteiger partial charge in [-0.15, -0.1) is 0 Å². The highest BCUT2D eigenvalue weighted by Crippen LogP contribution is 2.16. The lowest BCUT2D eigenvalue weighted by molar-refractivity contribution is -0.142. The van der Waals surface area contributed by atoms with E-state index in [2.05, 4.69) is 42.5 Å². The topological polar surface area (TPSA) is 109 Å². The van der Waals surface area contributed by atoms with Crippen LogP contribution >= 0.6 is 31.9 Å². The van der Waals surface area contributed by atoms with E-state index < -0.39 is 23.8 Å². The fourth-order valence-electron chi connectivity index (χ4n) is 2.24. The van der Waals surface area contributed by atoms with Gasteiger partial charge in [-0.1, -0.05) is 41.9 Å². The molecule has 1 atom stereocenters. The number of carbonyl (C=O) groups excluding carboxylic acids is 2. The fraction of sp³-hybridized carbons (Fsp3) is 0.211. The normalized spacial score (nSPS) is 12.5. The van der Waals surface area contributed by atoms with E-state index in [1.165, 1.54) is 12.1 Å². The number of benzene rings is 1. The van der Waals surface area contributed by atoms with Gasteiger partial charge in [-0.25, -0.2) is 4.79 Å². The van der Waals surface area contributed by atoms with Crippen LogP contribution in [0.25, 0.3) is 6.08 Å². The number of carboxylic acids is 1. The first-order valence-corrected chi connectivity index (χ1v) is 9.83. The fourth-order valence-corrected chi connectivity index (χ4v) is 2.81. The smallest absolute Gasteiger partial charge is 0.326 e. The van der Waals surface area contributed by atoms with Crippen LogP contribution in [0.5, 0.6) is 0 Å². The van der Waals surface area contributed by atoms with Crippen molar-refractivity contribution in [3.05, 3.63) is 62.6 Å². The average molecular weight is 514 g/mol. The molecule has 0 fully saturated rings. The molecule has 0 spiro atoms. The maximum Gasteiger partial charge on any atom is 0.326 e. The van der Waals surface area contributed by atoms with Crippen molar-refractivity contribution in [3.8, 4) is 0 Å². The largest absolute Gasteiger partial charge is 0.480 e. The minimum atomic E-state index is -1.16. The van der Waals surface area contributed by atoms with E-state index in [1.54, 1.807) is 44.2 Å². The van der Waals surface area contributed by atoms with Crippen molar-refractivity contribution < 1.29 is 23.9 Å². The monoisotopic (exact) mass is 512 g/mol. The SMILES string of the molecule is CC(C)C(NC(=O)/C(=C\c1ccc(Br)cc1)NC(=O)c1ccc(Br)o1)C(=O)O. The zero-order valence-electron chi connectivity index (χ0n) is 15.0. The second-order valence-electron chi connectivity index (χ2n) is 6.20. The number of carbonyl (C=O) groups is 3. The Morgan fingerprint density at radius 3 is 2.21 bits per heavy atom. The van der Waals surface area contributed by atoms with Gasteiger partial charge in [-0.2, -0.15) is 0 Å². The van der Waals surface area contributed by atoms with Gasteiger partial charge in [0.25, 0.3) is 11.8 Å². The van der Waals surface area contributed by atoms with E-state index in [9.17, 15) is 19.5 Å². The minimum absolute atomic E-state index is 0.0000234. The molecule has 28 heavy (non-hydrogen) atoms. The Labute approximate surface area is 178 Å². The third kappa shape index (κ3) is 6.07. The lowest BCUT2D eigenvalue weighted by atomic mass is 10.0. The lowest BCUT2D eigenvalue weighted by Crippen LogP contribution is -2.47. The Hall–Kier alpha value is -2.39. The van der Waals surface area contributed by atoms with Crippen molar-refractivity contribution in [1.82, 2.24) is 10.6 Å². The predicted octanol–water partition coefficient (Wildman–Crippen LogP) is 3.80. The number of aliphatic carboxylic acids is 1. The number of halogens is 2. The molecule has 2 amide bonds. The molecule has 3 N–H and O–H groups in total. The van der Waals surface area contributed by atoms with E-state index >= 15 is 0 Å². The van der Waals surface area contributed by atoms with E-state index in [0.29, 0.717) is 10.2 Å². The van der Waals surface area contributed by atoms with Crippen LogP contribution in [0, 0.1) is 5.92 Å². The molecular weight excluding hydrogens is 496 g/mol. The molecule has 7 nitrogen and oxygen atoms in total. The summed E-state index contributed by atoms with van der Waals surface area (Å²) in [6.07, 6.45) is 1.46. The lowest BCUT2D eigenvalue weighted by Gasteiger charge is -2.19. The Morgan fingerprint density at radius 1 is 1.07 bits per heavy atom. The molecule has 2 aromatic rings. The minimum Gasteiger partial charge on any atom is -0.480 e. The quantitative estimate of drug-likeness (QED) is 0.488. The molecule has 9 heteroatoms. The Morgan fingerprint density at radius 2 is 1.71 bits per heavy atom. The van der Waals surface area contributed by atoms with Crippen molar-refractivity contribution in [2.24, 2.45) is 5.92 Å². The third-order valence-electron chi connectivity index (χ3n) is 3.69. The molecule has 1 aromatic heterocycles. The first-order valence-electron chi connectivity index (χ1n) is 8.25. The molecule has 0 saturated heterocycles. The summed E-state index contributed by atoms with van der Waals surface area (Å²) in [5.41, 5.74) is 0.539. The summed E-state index contributed by atoms with van der Waals surface area (Å²) in [7, 11) is 0. The van der Waals surface area contributed by atoms with E-state index in [0.717, 1.165) is 4.47 Å².